The lowest BCUT2D eigenvalue weighted by atomic mass is 10.1. The Hall–Kier alpha value is -2.39. The summed E-state index contributed by atoms with van der Waals surface area (Å²) < 4.78 is 29.1. The minimum Gasteiger partial charge on any atom is -0.324 e. The Morgan fingerprint density at radius 3 is 2.33 bits per heavy atom. The lowest BCUT2D eigenvalue weighted by molar-refractivity contribution is -0.114. The van der Waals surface area contributed by atoms with Crippen LogP contribution < -0.4 is 9.62 Å². The third-order valence-corrected chi connectivity index (χ3v) is 7.17. The molecule has 0 atom stereocenters. The average molecular weight is 534 g/mol. The predicted molar refractivity (Wildman–Crippen MR) is 129 cm³/mol. The number of halogens is 1. The summed E-state index contributed by atoms with van der Waals surface area (Å²) in [7, 11) is -3.92. The Bertz CT molecular complexity index is 1150. The lowest BCUT2D eigenvalue weighted by Gasteiger charge is -2.26. The monoisotopic (exact) mass is 534 g/mol. The first kappa shape index (κ1) is 22.3. The van der Waals surface area contributed by atoms with Crippen molar-refractivity contribution in [3.8, 4) is 0 Å². The minimum atomic E-state index is -3.92. The van der Waals surface area contributed by atoms with Crippen molar-refractivity contribution in [1.29, 1.82) is 0 Å². The molecule has 7 heteroatoms. The van der Waals surface area contributed by atoms with E-state index >= 15 is 0 Å². The van der Waals surface area contributed by atoms with Crippen LogP contribution in [0.25, 0.3) is 0 Å². The normalized spacial score (nSPS) is 11.2. The van der Waals surface area contributed by atoms with Crippen LogP contribution in [0.5, 0.6) is 0 Å². The van der Waals surface area contributed by atoms with Crippen LogP contribution in [0.1, 0.15) is 18.1 Å². The van der Waals surface area contributed by atoms with Crippen LogP contribution in [0.15, 0.2) is 77.7 Å². The van der Waals surface area contributed by atoms with Crippen LogP contribution in [0.4, 0.5) is 11.4 Å². The summed E-state index contributed by atoms with van der Waals surface area (Å²) in [6.45, 7) is 3.55. The number of anilines is 2. The number of nitrogens with zero attached hydrogens (tertiary/aromatic N) is 1. The summed E-state index contributed by atoms with van der Waals surface area (Å²) in [4.78, 5) is 13.0. The number of carbonyl (C=O) groups is 1. The van der Waals surface area contributed by atoms with Crippen LogP contribution >= 0.6 is 22.6 Å². The molecule has 1 amide bonds. The molecule has 0 bridgehead atoms. The highest BCUT2D eigenvalue weighted by atomic mass is 127. The summed E-state index contributed by atoms with van der Waals surface area (Å²) in [6, 6.07) is 21.1. The summed E-state index contributed by atoms with van der Waals surface area (Å²) in [5, 5.41) is 2.85. The van der Waals surface area contributed by atoms with Crippen molar-refractivity contribution in [3.63, 3.8) is 0 Å². The van der Waals surface area contributed by atoms with Crippen LogP contribution in [0.2, 0.25) is 0 Å². The van der Waals surface area contributed by atoms with E-state index in [2.05, 4.69) is 27.9 Å². The van der Waals surface area contributed by atoms with E-state index in [0.717, 1.165) is 14.7 Å². The third kappa shape index (κ3) is 5.02. The number of hydrogen-bond acceptors (Lipinski definition) is 3. The predicted octanol–water partition coefficient (Wildman–Crippen LogP) is 5.00. The van der Waals surface area contributed by atoms with Crippen molar-refractivity contribution < 1.29 is 13.2 Å². The second-order valence-corrected chi connectivity index (χ2v) is 9.92. The molecule has 0 aliphatic rings. The topological polar surface area (TPSA) is 66.5 Å². The van der Waals surface area contributed by atoms with Gasteiger partial charge in [-0.25, -0.2) is 8.42 Å². The molecule has 0 saturated carbocycles. The van der Waals surface area contributed by atoms with E-state index in [4.69, 9.17) is 0 Å². The van der Waals surface area contributed by atoms with E-state index in [-0.39, 0.29) is 11.4 Å². The number of rotatable bonds is 7. The standard InChI is InChI=1S/C23H23IN2O3S/c1-3-18-9-7-8-12-22(18)26(30(28,29)20-10-5-4-6-11-20)16-23(27)25-21-14-13-19(24)15-17(21)2/h4-15H,3,16H2,1-2H3,(H,25,27). The number of hydrogen-bond donors (Lipinski definition) is 1. The van der Waals surface area contributed by atoms with Gasteiger partial charge in [0.15, 0.2) is 0 Å². The molecule has 0 saturated heterocycles. The largest absolute Gasteiger partial charge is 0.324 e. The van der Waals surface area contributed by atoms with E-state index in [1.54, 1.807) is 30.3 Å². The molecule has 1 N–H and O–H groups in total. The number of sulfonamides is 1. The fourth-order valence-electron chi connectivity index (χ4n) is 3.16. The number of para-hydroxylation sites is 1. The zero-order chi connectivity index (χ0) is 21.7. The number of nitrogens with one attached hydrogen (secondary N) is 1. The molecular weight excluding hydrogens is 511 g/mol. The van der Waals surface area contributed by atoms with Crippen LogP contribution in [-0.4, -0.2) is 20.9 Å². The molecule has 0 fully saturated rings. The van der Waals surface area contributed by atoms with Gasteiger partial charge in [0.2, 0.25) is 5.91 Å². The van der Waals surface area contributed by atoms with Gasteiger partial charge in [0.25, 0.3) is 10.0 Å². The number of carbonyl (C=O) groups excluding carboxylic acids is 1. The molecule has 0 aliphatic heterocycles. The molecule has 30 heavy (non-hydrogen) atoms. The molecule has 0 aliphatic carbocycles. The van der Waals surface area contributed by atoms with E-state index < -0.39 is 15.9 Å². The van der Waals surface area contributed by atoms with E-state index in [9.17, 15) is 13.2 Å². The Balaban J connectivity index is 1.98. The maximum absolute atomic E-state index is 13.4. The zero-order valence-electron chi connectivity index (χ0n) is 16.8. The maximum atomic E-state index is 13.4. The maximum Gasteiger partial charge on any atom is 0.264 e. The molecule has 0 unspecified atom stereocenters. The van der Waals surface area contributed by atoms with Gasteiger partial charge in [-0.1, -0.05) is 43.3 Å². The van der Waals surface area contributed by atoms with Gasteiger partial charge in [-0.3, -0.25) is 9.10 Å². The summed E-state index contributed by atoms with van der Waals surface area (Å²) in [5.41, 5.74) is 2.96. The van der Waals surface area contributed by atoms with Gasteiger partial charge in [0.1, 0.15) is 6.54 Å². The first-order valence-corrected chi connectivity index (χ1v) is 12.1. The molecule has 156 valence electrons. The van der Waals surface area contributed by atoms with Crippen LogP contribution in [0.3, 0.4) is 0 Å². The molecular formula is C23H23IN2O3S. The molecule has 0 spiro atoms. The fourth-order valence-corrected chi connectivity index (χ4v) is 5.29. The summed E-state index contributed by atoms with van der Waals surface area (Å²) in [5.74, 6) is -0.398. The van der Waals surface area contributed by atoms with Gasteiger partial charge < -0.3 is 5.32 Å². The quantitative estimate of drug-likeness (QED) is 0.435. The number of benzene rings is 3. The van der Waals surface area contributed by atoms with Crippen molar-refractivity contribution in [1.82, 2.24) is 0 Å². The van der Waals surface area contributed by atoms with E-state index in [0.29, 0.717) is 17.8 Å². The molecule has 5 nitrogen and oxygen atoms in total. The van der Waals surface area contributed by atoms with E-state index in [1.807, 2.05) is 44.2 Å². The van der Waals surface area contributed by atoms with Gasteiger partial charge in [-0.05, 0) is 83.5 Å². The molecule has 0 radical (unpaired) electrons. The second-order valence-electron chi connectivity index (χ2n) is 6.81. The van der Waals surface area contributed by atoms with Crippen LogP contribution in [0, 0.1) is 10.5 Å². The average Bonchev–Trinajstić information content (AvgIpc) is 2.74. The Morgan fingerprint density at radius 2 is 1.67 bits per heavy atom. The summed E-state index contributed by atoms with van der Waals surface area (Å²) in [6.07, 6.45) is 0.648. The van der Waals surface area contributed by atoms with Gasteiger partial charge in [0, 0.05) is 9.26 Å². The highest BCUT2D eigenvalue weighted by Gasteiger charge is 2.28. The van der Waals surface area contributed by atoms with Crippen LogP contribution in [-0.2, 0) is 21.2 Å². The first-order chi connectivity index (χ1) is 14.3. The van der Waals surface area contributed by atoms with Crippen molar-refractivity contribution in [2.75, 3.05) is 16.2 Å². The highest BCUT2D eigenvalue weighted by molar-refractivity contribution is 14.1. The molecule has 3 aromatic carbocycles. The number of amides is 1. The van der Waals surface area contributed by atoms with Crippen molar-refractivity contribution in [2.24, 2.45) is 0 Å². The highest BCUT2D eigenvalue weighted by Crippen LogP contribution is 2.28. The zero-order valence-corrected chi connectivity index (χ0v) is 19.8. The smallest absolute Gasteiger partial charge is 0.264 e. The minimum absolute atomic E-state index is 0.147. The second kappa shape index (κ2) is 9.61. The Kier molecular flexibility index (Phi) is 7.14. The van der Waals surface area contributed by atoms with Crippen molar-refractivity contribution in [2.45, 2.75) is 25.2 Å². The third-order valence-electron chi connectivity index (χ3n) is 4.72. The first-order valence-electron chi connectivity index (χ1n) is 9.54. The van der Waals surface area contributed by atoms with Gasteiger partial charge >= 0.3 is 0 Å². The fraction of sp³-hybridized carbons (Fsp3) is 0.174. The van der Waals surface area contributed by atoms with Gasteiger partial charge in [0.05, 0.1) is 10.6 Å². The Morgan fingerprint density at radius 1 is 1.00 bits per heavy atom. The van der Waals surface area contributed by atoms with Crippen molar-refractivity contribution >= 4 is 49.9 Å². The van der Waals surface area contributed by atoms with Gasteiger partial charge in [-0.15, -0.1) is 0 Å². The van der Waals surface area contributed by atoms with Gasteiger partial charge in [-0.2, -0.15) is 0 Å². The SMILES string of the molecule is CCc1ccccc1N(CC(=O)Nc1ccc(I)cc1C)S(=O)(=O)c1ccccc1. The molecule has 0 heterocycles. The molecule has 0 aromatic heterocycles. The summed E-state index contributed by atoms with van der Waals surface area (Å²) >= 11 is 2.21. The molecule has 3 aromatic rings. The lowest BCUT2D eigenvalue weighted by Crippen LogP contribution is -2.38. The molecule has 3 rings (SSSR count). The van der Waals surface area contributed by atoms with E-state index in [1.165, 1.54) is 16.4 Å². The Labute approximate surface area is 191 Å². The van der Waals surface area contributed by atoms with Crippen molar-refractivity contribution in [3.05, 3.63) is 87.5 Å². The number of aryl methyl sites for hydroxylation is 2.